The molecule has 0 aliphatic carbocycles. The third-order valence-electron chi connectivity index (χ3n) is 2.52. The Hall–Kier alpha value is -1.17. The first-order valence-corrected chi connectivity index (χ1v) is 6.83. The van der Waals surface area contributed by atoms with E-state index in [1.165, 1.54) is 18.2 Å². The van der Waals surface area contributed by atoms with Crippen molar-refractivity contribution in [3.05, 3.63) is 23.8 Å². The fourth-order valence-electron chi connectivity index (χ4n) is 1.56. The van der Waals surface area contributed by atoms with E-state index in [1.54, 1.807) is 6.92 Å². The zero-order valence-corrected chi connectivity index (χ0v) is 12.6. The average molecular weight is 339 g/mol. The van der Waals surface area contributed by atoms with Gasteiger partial charge in [0, 0.05) is 6.42 Å². The molecule has 8 heteroatoms. The molecule has 20 heavy (non-hydrogen) atoms. The van der Waals surface area contributed by atoms with Crippen LogP contribution < -0.4 is 14.8 Å². The van der Waals surface area contributed by atoms with Crippen molar-refractivity contribution in [3.63, 3.8) is 0 Å². The van der Waals surface area contributed by atoms with Crippen LogP contribution in [0, 0.1) is 0 Å². The van der Waals surface area contributed by atoms with E-state index in [9.17, 15) is 9.59 Å². The summed E-state index contributed by atoms with van der Waals surface area (Å²) < 4.78 is 8.61. The zero-order valence-electron chi connectivity index (χ0n) is 10.3. The first-order valence-electron chi connectivity index (χ1n) is 5.70. The Bertz CT molecular complexity index is 556. The van der Waals surface area contributed by atoms with Crippen LogP contribution in [0.25, 0.3) is 0 Å². The van der Waals surface area contributed by atoms with Crippen molar-refractivity contribution in [2.75, 3.05) is 0 Å². The van der Waals surface area contributed by atoms with Gasteiger partial charge in [-0.1, -0.05) is 41.7 Å². The Kier molecular flexibility index (Phi) is 4.32. The van der Waals surface area contributed by atoms with Crippen LogP contribution in [0.3, 0.4) is 0 Å². The van der Waals surface area contributed by atoms with Crippen molar-refractivity contribution in [2.24, 2.45) is 0 Å². The second-order valence-corrected chi connectivity index (χ2v) is 6.37. The first kappa shape index (κ1) is 15.2. The molecule has 1 amide bonds. The summed E-state index contributed by atoms with van der Waals surface area (Å²) in [5, 5.41) is 2.41. The number of carbonyl (C=O) groups is 2. The van der Waals surface area contributed by atoms with Gasteiger partial charge in [0.2, 0.25) is 10.0 Å². The van der Waals surface area contributed by atoms with Crippen LogP contribution in [0.5, 0.6) is 11.5 Å². The molecule has 1 atom stereocenters. The van der Waals surface area contributed by atoms with Crippen molar-refractivity contribution < 1.29 is 19.1 Å². The molecule has 5 nitrogen and oxygen atoms in total. The highest BCUT2D eigenvalue weighted by atomic mass is 35.6. The van der Waals surface area contributed by atoms with Crippen LogP contribution in [0.1, 0.15) is 23.7 Å². The third kappa shape index (κ3) is 3.29. The molecular weight excluding hydrogens is 328 g/mol. The van der Waals surface area contributed by atoms with E-state index < -0.39 is 21.9 Å². The highest BCUT2D eigenvalue weighted by molar-refractivity contribution is 6.68. The van der Waals surface area contributed by atoms with Gasteiger partial charge in [-0.25, -0.2) is 0 Å². The highest BCUT2D eigenvalue weighted by Gasteiger charge is 2.40. The van der Waals surface area contributed by atoms with Crippen molar-refractivity contribution >= 4 is 46.7 Å². The summed E-state index contributed by atoms with van der Waals surface area (Å²) in [4.78, 5) is 23.2. The predicted octanol–water partition coefficient (Wildman–Crippen LogP) is 2.82. The lowest BCUT2D eigenvalue weighted by Gasteiger charge is -2.31. The van der Waals surface area contributed by atoms with Gasteiger partial charge in [0.1, 0.15) is 11.5 Å². The fraction of sp³-hybridized carbons (Fsp3) is 0.333. The van der Waals surface area contributed by atoms with Crippen LogP contribution >= 0.6 is 34.8 Å². The quantitative estimate of drug-likeness (QED) is 0.511. The Morgan fingerprint density at radius 3 is 2.75 bits per heavy atom. The molecule has 1 heterocycles. The van der Waals surface area contributed by atoms with Gasteiger partial charge in [-0.2, -0.15) is 0 Å². The number of amides is 1. The molecule has 1 aromatic rings. The van der Waals surface area contributed by atoms with Crippen LogP contribution in [-0.4, -0.2) is 21.9 Å². The van der Waals surface area contributed by atoms with Gasteiger partial charge in [-0.3, -0.25) is 9.59 Å². The summed E-state index contributed by atoms with van der Waals surface area (Å²) in [5.74, 6) is -0.374. The van der Waals surface area contributed by atoms with E-state index >= 15 is 0 Å². The molecule has 1 unspecified atom stereocenters. The van der Waals surface area contributed by atoms with Gasteiger partial charge in [0.15, 0.2) is 0 Å². The molecule has 1 N–H and O–H groups in total. The summed E-state index contributed by atoms with van der Waals surface area (Å²) in [7, 11) is 0. The van der Waals surface area contributed by atoms with E-state index in [1.807, 2.05) is 0 Å². The number of esters is 1. The number of alkyl halides is 3. The Morgan fingerprint density at radius 2 is 2.15 bits per heavy atom. The van der Waals surface area contributed by atoms with Crippen molar-refractivity contribution in [2.45, 2.75) is 23.4 Å². The van der Waals surface area contributed by atoms with Crippen LogP contribution in [0.2, 0.25) is 0 Å². The van der Waals surface area contributed by atoms with E-state index in [-0.39, 0.29) is 23.5 Å². The summed E-state index contributed by atoms with van der Waals surface area (Å²) in [5.41, 5.74) is 0.205. The number of carbonyl (C=O) groups excluding carboxylic acids is 2. The molecule has 0 aromatic heterocycles. The van der Waals surface area contributed by atoms with Crippen molar-refractivity contribution in [1.82, 2.24) is 5.32 Å². The van der Waals surface area contributed by atoms with E-state index in [2.05, 4.69) is 5.32 Å². The van der Waals surface area contributed by atoms with Crippen molar-refractivity contribution in [3.8, 4) is 11.5 Å². The number of hydrogen-bond donors (Lipinski definition) is 1. The lowest BCUT2D eigenvalue weighted by atomic mass is 10.1. The molecule has 0 saturated carbocycles. The molecule has 108 valence electrons. The minimum absolute atomic E-state index is 0.205. The van der Waals surface area contributed by atoms with E-state index in [0.29, 0.717) is 0 Å². The van der Waals surface area contributed by atoms with Crippen LogP contribution in [0.15, 0.2) is 18.2 Å². The Labute approximate surface area is 130 Å². The number of rotatable bonds is 2. The van der Waals surface area contributed by atoms with Crippen LogP contribution in [0.4, 0.5) is 0 Å². The molecule has 1 aliphatic rings. The number of hydrogen-bond acceptors (Lipinski definition) is 4. The molecule has 0 radical (unpaired) electrons. The summed E-state index contributed by atoms with van der Waals surface area (Å²) >= 11 is 17.1. The van der Waals surface area contributed by atoms with E-state index in [0.717, 1.165) is 0 Å². The number of fused-ring (bicyclic) bond motifs is 1. The van der Waals surface area contributed by atoms with Gasteiger partial charge < -0.3 is 14.8 Å². The fourth-order valence-corrected chi connectivity index (χ4v) is 1.86. The van der Waals surface area contributed by atoms with Gasteiger partial charge >= 0.3 is 5.97 Å². The predicted molar refractivity (Wildman–Crippen MR) is 74.5 cm³/mol. The Morgan fingerprint density at radius 1 is 1.45 bits per heavy atom. The third-order valence-corrected chi connectivity index (χ3v) is 3.11. The van der Waals surface area contributed by atoms with Gasteiger partial charge in [-0.05, 0) is 18.2 Å². The summed E-state index contributed by atoms with van der Waals surface area (Å²) in [6.45, 7) is 1.67. The van der Waals surface area contributed by atoms with Gasteiger partial charge in [-0.15, -0.1) is 0 Å². The van der Waals surface area contributed by atoms with Crippen LogP contribution in [-0.2, 0) is 4.79 Å². The molecular formula is C12H10Cl3NO4. The monoisotopic (exact) mass is 337 g/mol. The number of nitrogens with one attached hydrogen (secondary N) is 1. The maximum Gasteiger partial charge on any atom is 0.310 e. The molecule has 1 aliphatic heterocycles. The lowest BCUT2D eigenvalue weighted by molar-refractivity contribution is -0.134. The largest absolute Gasteiger partial charge is 0.465 e. The molecule has 0 spiro atoms. The normalized spacial score (nSPS) is 17.8. The van der Waals surface area contributed by atoms with E-state index in [4.69, 9.17) is 44.3 Å². The van der Waals surface area contributed by atoms with Gasteiger partial charge in [0.25, 0.3) is 5.91 Å². The standard InChI is InChI=1S/C12H10Cl3NO4/c1-2-9(17)19-6-3-4-8-7(5-6)10(18)16-11(20-8)12(13,14)15/h3-5,11H,2H2,1H3,(H,16,18). The summed E-state index contributed by atoms with van der Waals surface area (Å²) in [6.07, 6.45) is -0.855. The second-order valence-electron chi connectivity index (χ2n) is 4.00. The van der Waals surface area contributed by atoms with Crippen molar-refractivity contribution in [1.29, 1.82) is 0 Å². The highest BCUT2D eigenvalue weighted by Crippen LogP contribution is 2.36. The number of ether oxygens (including phenoxy) is 2. The average Bonchev–Trinajstić information content (AvgIpc) is 2.38. The smallest absolute Gasteiger partial charge is 0.310 e. The minimum Gasteiger partial charge on any atom is -0.465 e. The van der Waals surface area contributed by atoms with Gasteiger partial charge in [0.05, 0.1) is 5.56 Å². The minimum atomic E-state index is -1.79. The topological polar surface area (TPSA) is 64.6 Å². The molecule has 0 saturated heterocycles. The lowest BCUT2D eigenvalue weighted by Crippen LogP contribution is -2.50. The second kappa shape index (κ2) is 5.68. The molecule has 0 fully saturated rings. The molecule has 0 bridgehead atoms. The Balaban J connectivity index is 2.26. The summed E-state index contributed by atoms with van der Waals surface area (Å²) in [6, 6.07) is 4.38. The number of halogens is 3. The maximum atomic E-state index is 11.9. The zero-order chi connectivity index (χ0) is 14.9. The molecule has 2 rings (SSSR count). The number of benzene rings is 1. The maximum absolute atomic E-state index is 11.9. The first-order chi connectivity index (χ1) is 9.31. The SMILES string of the molecule is CCC(=O)Oc1ccc2c(c1)C(=O)NC(C(Cl)(Cl)Cl)O2. The molecule has 1 aromatic carbocycles.